The van der Waals surface area contributed by atoms with Gasteiger partial charge in [0.15, 0.2) is 0 Å². The number of alkyl halides is 3. The van der Waals surface area contributed by atoms with E-state index in [1.54, 1.807) is 7.05 Å². The Balaban J connectivity index is 2.83. The second kappa shape index (κ2) is 5.33. The number of hydrazone groups is 1. The molecule has 17 heavy (non-hydrogen) atoms. The van der Waals surface area contributed by atoms with Crippen LogP contribution in [-0.2, 0) is 0 Å². The zero-order valence-corrected chi connectivity index (χ0v) is 8.98. The zero-order valence-electron chi connectivity index (χ0n) is 8.98. The quantitative estimate of drug-likeness (QED) is 0.464. The number of ether oxygens (including phenoxy) is 1. The molecule has 4 nitrogen and oxygen atoms in total. The van der Waals surface area contributed by atoms with E-state index < -0.39 is 6.36 Å². The van der Waals surface area contributed by atoms with Crippen LogP contribution in [0.1, 0.15) is 0 Å². The maximum absolute atomic E-state index is 11.9. The largest absolute Gasteiger partial charge is 0.573 e. The van der Waals surface area contributed by atoms with Gasteiger partial charge < -0.3 is 4.74 Å². The molecule has 0 spiro atoms. The smallest absolute Gasteiger partial charge is 0.406 e. The average Bonchev–Trinajstić information content (AvgIpc) is 2.25. The van der Waals surface area contributed by atoms with E-state index in [4.69, 9.17) is 0 Å². The molecule has 1 aromatic carbocycles. The lowest BCUT2D eigenvalue weighted by molar-refractivity contribution is -0.274. The lowest BCUT2D eigenvalue weighted by atomic mass is 10.3. The number of hydrogen-bond acceptors (Lipinski definition) is 3. The number of nitrogens with zero attached hydrogens (tertiary/aromatic N) is 3. The molecule has 0 bridgehead atoms. The Bertz CT molecular complexity index is 400. The van der Waals surface area contributed by atoms with Crippen LogP contribution in [-0.4, -0.2) is 26.5 Å². The van der Waals surface area contributed by atoms with Gasteiger partial charge in [-0.15, -0.1) is 13.2 Å². The first-order chi connectivity index (χ1) is 7.96. The van der Waals surface area contributed by atoms with Gasteiger partial charge in [-0.25, -0.2) is 5.01 Å². The van der Waals surface area contributed by atoms with Crippen LogP contribution >= 0.6 is 0 Å². The Morgan fingerprint density at radius 2 is 1.88 bits per heavy atom. The van der Waals surface area contributed by atoms with Crippen molar-refractivity contribution in [2.45, 2.75) is 6.36 Å². The van der Waals surface area contributed by atoms with Crippen molar-refractivity contribution in [3.63, 3.8) is 0 Å². The second-order valence-electron chi connectivity index (χ2n) is 2.90. The predicted octanol–water partition coefficient (Wildman–Crippen LogP) is 2.67. The fraction of sp³-hybridized carbons (Fsp3) is 0.200. The van der Waals surface area contributed by atoms with E-state index in [0.717, 1.165) is 0 Å². The molecule has 0 radical (unpaired) electrons. The molecule has 0 amide bonds. The molecule has 0 saturated heterocycles. The highest BCUT2D eigenvalue weighted by Crippen LogP contribution is 2.24. The van der Waals surface area contributed by atoms with Crippen LogP contribution in [0.5, 0.6) is 5.75 Å². The van der Waals surface area contributed by atoms with Crippen LogP contribution in [0.2, 0.25) is 0 Å². The second-order valence-corrected chi connectivity index (χ2v) is 2.90. The molecule has 1 rings (SSSR count). The Morgan fingerprint density at radius 3 is 2.29 bits per heavy atom. The summed E-state index contributed by atoms with van der Waals surface area (Å²) >= 11 is 0. The molecular weight excluding hydrogens is 235 g/mol. The number of anilines is 1. The predicted molar refractivity (Wildman–Crippen MR) is 59.6 cm³/mol. The van der Waals surface area contributed by atoms with E-state index in [-0.39, 0.29) is 5.75 Å². The third-order valence-corrected chi connectivity index (χ3v) is 1.71. The number of aliphatic imine (C=N–C) groups is 1. The lowest BCUT2D eigenvalue weighted by Crippen LogP contribution is -2.17. The molecule has 0 aliphatic carbocycles. The highest BCUT2D eigenvalue weighted by molar-refractivity contribution is 5.79. The third kappa shape index (κ3) is 4.13. The zero-order chi connectivity index (χ0) is 12.9. The maximum Gasteiger partial charge on any atom is 0.573 e. The van der Waals surface area contributed by atoms with Gasteiger partial charge in [0.1, 0.15) is 12.1 Å². The van der Waals surface area contributed by atoms with Gasteiger partial charge >= 0.3 is 6.36 Å². The summed E-state index contributed by atoms with van der Waals surface area (Å²) in [5, 5.41) is 4.94. The number of halogens is 3. The molecule has 0 unspecified atom stereocenters. The highest BCUT2D eigenvalue weighted by Gasteiger charge is 2.30. The lowest BCUT2D eigenvalue weighted by Gasteiger charge is -2.13. The van der Waals surface area contributed by atoms with Gasteiger partial charge in [0, 0.05) is 13.8 Å². The normalized spacial score (nSPS) is 11.5. The molecule has 0 aliphatic rings. The molecule has 1 aromatic rings. The standard InChI is InChI=1S/C10H10F3N3O/c1-14-7-16(15-2)8-3-5-9(6-4-8)17-10(11,12)13/h3-7H,2H2,1H3. The Kier molecular flexibility index (Phi) is 4.08. The first kappa shape index (κ1) is 13.0. The summed E-state index contributed by atoms with van der Waals surface area (Å²) in [5.74, 6) is -0.293. The molecule has 0 fully saturated rings. The molecular formula is C10H10F3N3O. The Labute approximate surface area is 96.0 Å². The van der Waals surface area contributed by atoms with E-state index >= 15 is 0 Å². The van der Waals surface area contributed by atoms with Crippen LogP contribution in [0.4, 0.5) is 18.9 Å². The highest BCUT2D eigenvalue weighted by atomic mass is 19.4. The van der Waals surface area contributed by atoms with E-state index in [2.05, 4.69) is 21.5 Å². The van der Waals surface area contributed by atoms with E-state index in [1.807, 2.05) is 0 Å². The first-order valence-electron chi connectivity index (χ1n) is 4.50. The summed E-state index contributed by atoms with van der Waals surface area (Å²) in [7, 11) is 1.54. The summed E-state index contributed by atoms with van der Waals surface area (Å²) in [4.78, 5) is 3.72. The van der Waals surface area contributed by atoms with Gasteiger partial charge in [-0.05, 0) is 24.3 Å². The van der Waals surface area contributed by atoms with Crippen LogP contribution < -0.4 is 9.75 Å². The van der Waals surface area contributed by atoms with Crippen LogP contribution in [0.15, 0.2) is 34.4 Å². The van der Waals surface area contributed by atoms with Gasteiger partial charge in [-0.2, -0.15) is 5.10 Å². The van der Waals surface area contributed by atoms with Crippen LogP contribution in [0.25, 0.3) is 0 Å². The van der Waals surface area contributed by atoms with Gasteiger partial charge in [0.25, 0.3) is 0 Å². The monoisotopic (exact) mass is 245 g/mol. The van der Waals surface area contributed by atoms with Gasteiger partial charge in [-0.3, -0.25) is 4.99 Å². The summed E-state index contributed by atoms with van der Waals surface area (Å²) in [6, 6.07) is 5.20. The van der Waals surface area contributed by atoms with Crippen molar-refractivity contribution in [1.82, 2.24) is 0 Å². The summed E-state index contributed by atoms with van der Waals surface area (Å²) in [6.45, 7) is 3.31. The van der Waals surface area contributed by atoms with Gasteiger partial charge in [0.05, 0.1) is 5.69 Å². The number of rotatable bonds is 4. The van der Waals surface area contributed by atoms with Crippen molar-refractivity contribution in [1.29, 1.82) is 0 Å². The van der Waals surface area contributed by atoms with Crippen molar-refractivity contribution in [3.05, 3.63) is 24.3 Å². The Hall–Kier alpha value is -2.05. The minimum absolute atomic E-state index is 0.293. The minimum atomic E-state index is -4.69. The summed E-state index contributed by atoms with van der Waals surface area (Å²) in [5.41, 5.74) is 0.528. The summed E-state index contributed by atoms with van der Waals surface area (Å²) < 4.78 is 39.4. The van der Waals surface area contributed by atoms with Crippen molar-refractivity contribution in [3.8, 4) is 5.75 Å². The first-order valence-corrected chi connectivity index (χ1v) is 4.50. The number of hydrogen-bond donors (Lipinski definition) is 0. The molecule has 92 valence electrons. The molecule has 0 heterocycles. The van der Waals surface area contributed by atoms with Crippen LogP contribution in [0.3, 0.4) is 0 Å². The third-order valence-electron chi connectivity index (χ3n) is 1.71. The Morgan fingerprint density at radius 1 is 1.29 bits per heavy atom. The average molecular weight is 245 g/mol. The van der Waals surface area contributed by atoms with Gasteiger partial charge in [-0.1, -0.05) is 0 Å². The minimum Gasteiger partial charge on any atom is -0.406 e. The van der Waals surface area contributed by atoms with Gasteiger partial charge in [0.2, 0.25) is 0 Å². The fourth-order valence-corrected chi connectivity index (χ4v) is 1.09. The van der Waals surface area contributed by atoms with E-state index in [9.17, 15) is 13.2 Å². The summed E-state index contributed by atoms with van der Waals surface area (Å²) in [6.07, 6.45) is -3.31. The van der Waals surface area contributed by atoms with Crippen molar-refractivity contribution in [2.24, 2.45) is 10.1 Å². The van der Waals surface area contributed by atoms with Crippen molar-refractivity contribution >= 4 is 18.7 Å². The van der Waals surface area contributed by atoms with Crippen LogP contribution in [0, 0.1) is 0 Å². The molecule has 0 aliphatic heterocycles. The molecule has 0 N–H and O–H groups in total. The fourth-order valence-electron chi connectivity index (χ4n) is 1.09. The number of benzene rings is 1. The van der Waals surface area contributed by atoms with Crippen molar-refractivity contribution < 1.29 is 17.9 Å². The van der Waals surface area contributed by atoms with Crippen molar-refractivity contribution in [2.75, 3.05) is 12.1 Å². The SMILES string of the molecule is C=NN(C=NC)c1ccc(OC(F)(F)F)cc1. The van der Waals surface area contributed by atoms with E-state index in [0.29, 0.717) is 5.69 Å². The van der Waals surface area contributed by atoms with E-state index in [1.165, 1.54) is 35.6 Å². The molecule has 0 saturated carbocycles. The molecule has 0 aromatic heterocycles. The topological polar surface area (TPSA) is 37.2 Å². The molecule has 0 atom stereocenters. The maximum atomic E-state index is 11.9. The molecule has 7 heteroatoms.